The number of benzene rings is 2. The van der Waals surface area contributed by atoms with Crippen molar-refractivity contribution in [2.75, 3.05) is 0 Å². The van der Waals surface area contributed by atoms with Gasteiger partial charge in [0.2, 0.25) is 5.91 Å². The summed E-state index contributed by atoms with van der Waals surface area (Å²) in [6.45, 7) is 1.90. The average molecular weight is 255 g/mol. The van der Waals surface area contributed by atoms with Gasteiger partial charge < -0.3 is 10.8 Å². The highest BCUT2D eigenvalue weighted by Crippen LogP contribution is 2.28. The number of nitrogens with two attached hydrogens (primary N) is 1. The number of aryl methyl sites for hydroxylation is 1. The molecule has 0 aliphatic rings. The zero-order chi connectivity index (χ0) is 14.0. The molecule has 0 saturated heterocycles. The lowest BCUT2D eigenvalue weighted by Crippen LogP contribution is -2.17. The van der Waals surface area contributed by atoms with Gasteiger partial charge in [0.1, 0.15) is 0 Å². The Morgan fingerprint density at radius 2 is 1.63 bits per heavy atom. The van der Waals surface area contributed by atoms with E-state index in [-0.39, 0.29) is 11.1 Å². The van der Waals surface area contributed by atoms with E-state index in [2.05, 4.69) is 0 Å². The predicted octanol–water partition coefficient (Wildman–Crippen LogP) is 2.46. The van der Waals surface area contributed by atoms with Crippen LogP contribution in [0, 0.1) is 6.92 Å². The third-order valence-electron chi connectivity index (χ3n) is 2.98. The van der Waals surface area contributed by atoms with E-state index >= 15 is 0 Å². The van der Waals surface area contributed by atoms with Gasteiger partial charge in [0.15, 0.2) is 0 Å². The van der Waals surface area contributed by atoms with Crippen LogP contribution in [0.25, 0.3) is 11.1 Å². The average Bonchev–Trinajstić information content (AvgIpc) is 2.38. The van der Waals surface area contributed by atoms with E-state index in [0.29, 0.717) is 5.56 Å². The van der Waals surface area contributed by atoms with Crippen molar-refractivity contribution in [1.82, 2.24) is 0 Å². The second-order valence-electron chi connectivity index (χ2n) is 4.21. The highest BCUT2D eigenvalue weighted by atomic mass is 16.4. The SMILES string of the molecule is Cc1ccccc1-c1cccc(C(=O)O)c1C(N)=O. The van der Waals surface area contributed by atoms with E-state index in [4.69, 9.17) is 10.8 Å². The molecule has 1 amide bonds. The standard InChI is InChI=1S/C15H13NO3/c1-9-5-2-3-6-10(9)11-7-4-8-12(15(18)19)13(11)14(16)17/h2-8H,1H3,(H2,16,17)(H,18,19). The third kappa shape index (κ3) is 2.33. The van der Waals surface area contributed by atoms with Crippen LogP contribution >= 0.6 is 0 Å². The Morgan fingerprint density at radius 3 is 2.21 bits per heavy atom. The predicted molar refractivity (Wildman–Crippen MR) is 72.1 cm³/mol. The fraction of sp³-hybridized carbons (Fsp3) is 0.0667. The van der Waals surface area contributed by atoms with Gasteiger partial charge in [0.25, 0.3) is 0 Å². The first-order chi connectivity index (χ1) is 9.02. The molecule has 4 nitrogen and oxygen atoms in total. The lowest BCUT2D eigenvalue weighted by atomic mass is 9.92. The van der Waals surface area contributed by atoms with Crippen molar-refractivity contribution >= 4 is 11.9 Å². The molecule has 0 atom stereocenters. The summed E-state index contributed by atoms with van der Waals surface area (Å²) in [6.07, 6.45) is 0. The van der Waals surface area contributed by atoms with Gasteiger partial charge in [-0.3, -0.25) is 4.79 Å². The van der Waals surface area contributed by atoms with Crippen molar-refractivity contribution < 1.29 is 14.7 Å². The lowest BCUT2D eigenvalue weighted by molar-refractivity contribution is 0.0692. The molecule has 96 valence electrons. The Morgan fingerprint density at radius 1 is 1.00 bits per heavy atom. The molecule has 2 aromatic carbocycles. The molecule has 0 aliphatic heterocycles. The number of carbonyl (C=O) groups is 2. The number of carboxylic acid groups (broad SMARTS) is 1. The molecule has 0 aliphatic carbocycles. The molecule has 2 aromatic rings. The Hall–Kier alpha value is -2.62. The van der Waals surface area contributed by atoms with E-state index in [1.807, 2.05) is 31.2 Å². The van der Waals surface area contributed by atoms with E-state index < -0.39 is 11.9 Å². The monoisotopic (exact) mass is 255 g/mol. The largest absolute Gasteiger partial charge is 0.478 e. The van der Waals surface area contributed by atoms with Crippen LogP contribution < -0.4 is 5.73 Å². The Bertz CT molecular complexity index is 662. The van der Waals surface area contributed by atoms with Crippen LogP contribution in [0.5, 0.6) is 0 Å². The van der Waals surface area contributed by atoms with E-state index in [0.717, 1.165) is 11.1 Å². The van der Waals surface area contributed by atoms with Crippen molar-refractivity contribution in [2.45, 2.75) is 6.92 Å². The molecular formula is C15H13NO3. The zero-order valence-electron chi connectivity index (χ0n) is 10.4. The van der Waals surface area contributed by atoms with Crippen LogP contribution in [-0.2, 0) is 0 Å². The van der Waals surface area contributed by atoms with Gasteiger partial charge in [0.05, 0.1) is 11.1 Å². The molecule has 0 heterocycles. The number of carboxylic acids is 1. The summed E-state index contributed by atoms with van der Waals surface area (Å²) in [4.78, 5) is 22.8. The molecule has 0 unspecified atom stereocenters. The van der Waals surface area contributed by atoms with Crippen molar-refractivity contribution in [3.63, 3.8) is 0 Å². The Labute approximate surface area is 110 Å². The zero-order valence-corrected chi connectivity index (χ0v) is 10.4. The number of primary amides is 1. The fourth-order valence-corrected chi connectivity index (χ4v) is 2.10. The summed E-state index contributed by atoms with van der Waals surface area (Å²) in [5, 5.41) is 9.15. The second-order valence-corrected chi connectivity index (χ2v) is 4.21. The molecule has 0 saturated carbocycles. The van der Waals surface area contributed by atoms with Gasteiger partial charge in [-0.2, -0.15) is 0 Å². The third-order valence-corrected chi connectivity index (χ3v) is 2.98. The van der Waals surface area contributed by atoms with Crippen LogP contribution in [0.1, 0.15) is 26.3 Å². The second kappa shape index (κ2) is 4.94. The number of hydrogen-bond acceptors (Lipinski definition) is 2. The van der Waals surface area contributed by atoms with Crippen molar-refractivity contribution in [1.29, 1.82) is 0 Å². The summed E-state index contributed by atoms with van der Waals surface area (Å²) in [7, 11) is 0. The van der Waals surface area contributed by atoms with E-state index in [1.165, 1.54) is 6.07 Å². The molecule has 3 N–H and O–H groups in total. The minimum Gasteiger partial charge on any atom is -0.478 e. The molecule has 0 radical (unpaired) electrons. The topological polar surface area (TPSA) is 80.4 Å². The van der Waals surface area contributed by atoms with Gasteiger partial charge in [-0.25, -0.2) is 4.79 Å². The van der Waals surface area contributed by atoms with Gasteiger partial charge in [-0.05, 0) is 29.7 Å². The summed E-state index contributed by atoms with van der Waals surface area (Å²) in [6, 6.07) is 12.1. The maximum Gasteiger partial charge on any atom is 0.336 e. The van der Waals surface area contributed by atoms with Crippen molar-refractivity contribution in [3.8, 4) is 11.1 Å². The molecule has 0 aromatic heterocycles. The van der Waals surface area contributed by atoms with Crippen LogP contribution in [0.15, 0.2) is 42.5 Å². The van der Waals surface area contributed by atoms with E-state index in [9.17, 15) is 9.59 Å². The van der Waals surface area contributed by atoms with Crippen LogP contribution in [-0.4, -0.2) is 17.0 Å². The number of aromatic carboxylic acids is 1. The van der Waals surface area contributed by atoms with Gasteiger partial charge in [-0.1, -0.05) is 36.4 Å². The summed E-state index contributed by atoms with van der Waals surface area (Å²) in [5.41, 5.74) is 7.61. The maximum atomic E-state index is 11.6. The van der Waals surface area contributed by atoms with Crippen LogP contribution in [0.2, 0.25) is 0 Å². The normalized spacial score (nSPS) is 10.2. The number of amides is 1. The first kappa shape index (κ1) is 12.8. The Kier molecular flexibility index (Phi) is 3.33. The molecular weight excluding hydrogens is 242 g/mol. The van der Waals surface area contributed by atoms with Gasteiger partial charge in [-0.15, -0.1) is 0 Å². The number of carbonyl (C=O) groups excluding carboxylic acids is 1. The molecule has 2 rings (SSSR count). The van der Waals surface area contributed by atoms with Crippen molar-refractivity contribution in [2.24, 2.45) is 5.73 Å². The highest BCUT2D eigenvalue weighted by molar-refractivity contribution is 6.09. The quantitative estimate of drug-likeness (QED) is 0.884. The smallest absolute Gasteiger partial charge is 0.336 e. The number of rotatable bonds is 3. The minimum atomic E-state index is -1.16. The first-order valence-electron chi connectivity index (χ1n) is 5.74. The summed E-state index contributed by atoms with van der Waals surface area (Å²) in [5.74, 6) is -1.90. The van der Waals surface area contributed by atoms with Crippen LogP contribution in [0.4, 0.5) is 0 Å². The van der Waals surface area contributed by atoms with Gasteiger partial charge in [0, 0.05) is 0 Å². The molecule has 19 heavy (non-hydrogen) atoms. The van der Waals surface area contributed by atoms with E-state index in [1.54, 1.807) is 12.1 Å². The van der Waals surface area contributed by atoms with Crippen molar-refractivity contribution in [3.05, 3.63) is 59.2 Å². The Balaban J connectivity index is 2.78. The maximum absolute atomic E-state index is 11.6. The van der Waals surface area contributed by atoms with Crippen LogP contribution in [0.3, 0.4) is 0 Å². The minimum absolute atomic E-state index is 0.0456. The molecule has 0 fully saturated rings. The molecule has 0 bridgehead atoms. The fourth-order valence-electron chi connectivity index (χ4n) is 2.10. The van der Waals surface area contributed by atoms with Gasteiger partial charge >= 0.3 is 5.97 Å². The summed E-state index contributed by atoms with van der Waals surface area (Å²) < 4.78 is 0. The molecule has 0 spiro atoms. The molecule has 4 heteroatoms. The summed E-state index contributed by atoms with van der Waals surface area (Å²) >= 11 is 0. The highest BCUT2D eigenvalue weighted by Gasteiger charge is 2.19. The lowest BCUT2D eigenvalue weighted by Gasteiger charge is -2.12. The first-order valence-corrected chi connectivity index (χ1v) is 5.74. The number of hydrogen-bond donors (Lipinski definition) is 2.